The predicted molar refractivity (Wildman–Crippen MR) is 80.1 cm³/mol. The summed E-state index contributed by atoms with van der Waals surface area (Å²) in [7, 11) is 0. The van der Waals surface area contributed by atoms with Crippen LogP contribution in [0.2, 0.25) is 0 Å². The van der Waals surface area contributed by atoms with Crippen LogP contribution < -0.4 is 9.47 Å². The molecule has 2 aromatic carbocycles. The summed E-state index contributed by atoms with van der Waals surface area (Å²) in [6.45, 7) is 2.61. The third-order valence-corrected chi connectivity index (χ3v) is 2.97. The van der Waals surface area contributed by atoms with E-state index >= 15 is 0 Å². The number of benzene rings is 2. The molecule has 0 amide bonds. The standard InChI is InChI=1S/C17H15NO4/c1-2-21-16-9-13(10-18)5-8-15(16)22-11-12-3-6-14(7-4-12)17(19)20/h3-9H,2,11H2,1H3,(H,19,20). The first-order chi connectivity index (χ1) is 10.6. The van der Waals surface area contributed by atoms with E-state index in [0.717, 1.165) is 5.56 Å². The maximum Gasteiger partial charge on any atom is 0.335 e. The molecule has 5 heteroatoms. The van der Waals surface area contributed by atoms with Crippen LogP contribution in [-0.4, -0.2) is 17.7 Å². The lowest BCUT2D eigenvalue weighted by molar-refractivity contribution is 0.0697. The molecule has 0 spiro atoms. The molecule has 0 aliphatic carbocycles. The summed E-state index contributed by atoms with van der Waals surface area (Å²) < 4.78 is 11.2. The fraction of sp³-hybridized carbons (Fsp3) is 0.176. The zero-order chi connectivity index (χ0) is 15.9. The lowest BCUT2D eigenvalue weighted by Gasteiger charge is -2.12. The Kier molecular flexibility index (Phi) is 4.99. The topological polar surface area (TPSA) is 79.5 Å². The molecule has 0 aliphatic heterocycles. The number of carboxylic acids is 1. The van der Waals surface area contributed by atoms with Gasteiger partial charge in [0.25, 0.3) is 0 Å². The quantitative estimate of drug-likeness (QED) is 0.885. The van der Waals surface area contributed by atoms with Crippen molar-refractivity contribution in [3.8, 4) is 17.6 Å². The van der Waals surface area contributed by atoms with Gasteiger partial charge in [-0.3, -0.25) is 0 Å². The van der Waals surface area contributed by atoms with Crippen molar-refractivity contribution in [2.24, 2.45) is 0 Å². The van der Waals surface area contributed by atoms with E-state index in [2.05, 4.69) is 6.07 Å². The number of nitriles is 1. The highest BCUT2D eigenvalue weighted by Gasteiger charge is 2.07. The summed E-state index contributed by atoms with van der Waals surface area (Å²) in [6.07, 6.45) is 0. The smallest absolute Gasteiger partial charge is 0.335 e. The van der Waals surface area contributed by atoms with E-state index in [1.807, 2.05) is 6.92 Å². The number of nitrogens with zero attached hydrogens (tertiary/aromatic N) is 1. The first-order valence-corrected chi connectivity index (χ1v) is 6.76. The molecular weight excluding hydrogens is 282 g/mol. The Morgan fingerprint density at radius 1 is 1.14 bits per heavy atom. The second-order valence-electron chi connectivity index (χ2n) is 4.50. The third kappa shape index (κ3) is 3.76. The van der Waals surface area contributed by atoms with Crippen molar-refractivity contribution in [3.05, 3.63) is 59.2 Å². The average molecular weight is 297 g/mol. The highest BCUT2D eigenvalue weighted by molar-refractivity contribution is 5.87. The van der Waals surface area contributed by atoms with Gasteiger partial charge in [0, 0.05) is 6.07 Å². The zero-order valence-electron chi connectivity index (χ0n) is 12.1. The van der Waals surface area contributed by atoms with Gasteiger partial charge >= 0.3 is 5.97 Å². The third-order valence-electron chi connectivity index (χ3n) is 2.97. The maximum absolute atomic E-state index is 10.8. The molecule has 0 aromatic heterocycles. The number of aromatic carboxylic acids is 1. The van der Waals surface area contributed by atoms with Crippen LogP contribution >= 0.6 is 0 Å². The van der Waals surface area contributed by atoms with Crippen LogP contribution in [0.25, 0.3) is 0 Å². The van der Waals surface area contributed by atoms with E-state index in [1.54, 1.807) is 30.3 Å². The second kappa shape index (κ2) is 7.14. The molecule has 0 radical (unpaired) electrons. The average Bonchev–Trinajstić information content (AvgIpc) is 2.54. The van der Waals surface area contributed by atoms with Crippen molar-refractivity contribution in [2.75, 3.05) is 6.61 Å². The first kappa shape index (κ1) is 15.4. The minimum absolute atomic E-state index is 0.233. The lowest BCUT2D eigenvalue weighted by atomic mass is 10.1. The zero-order valence-corrected chi connectivity index (χ0v) is 12.1. The van der Waals surface area contributed by atoms with Crippen LogP contribution in [0, 0.1) is 11.3 Å². The number of carbonyl (C=O) groups is 1. The van der Waals surface area contributed by atoms with Gasteiger partial charge in [-0.05, 0) is 36.8 Å². The Bertz CT molecular complexity index is 702. The Hall–Kier alpha value is -3.00. The highest BCUT2D eigenvalue weighted by atomic mass is 16.5. The van der Waals surface area contributed by atoms with Crippen molar-refractivity contribution in [2.45, 2.75) is 13.5 Å². The molecule has 22 heavy (non-hydrogen) atoms. The molecule has 0 saturated carbocycles. The van der Waals surface area contributed by atoms with E-state index in [0.29, 0.717) is 23.7 Å². The summed E-state index contributed by atoms with van der Waals surface area (Å²) in [5.41, 5.74) is 1.58. The summed E-state index contributed by atoms with van der Waals surface area (Å²) in [5, 5.41) is 17.8. The molecule has 0 heterocycles. The Morgan fingerprint density at radius 2 is 1.86 bits per heavy atom. The van der Waals surface area contributed by atoms with Gasteiger partial charge in [-0.15, -0.1) is 0 Å². The Balaban J connectivity index is 2.10. The van der Waals surface area contributed by atoms with Gasteiger partial charge in [0.2, 0.25) is 0 Å². The van der Waals surface area contributed by atoms with Gasteiger partial charge < -0.3 is 14.6 Å². The number of carboxylic acid groups (broad SMARTS) is 1. The normalized spacial score (nSPS) is 9.82. The second-order valence-corrected chi connectivity index (χ2v) is 4.50. The molecule has 2 aromatic rings. The molecule has 0 unspecified atom stereocenters. The molecule has 2 rings (SSSR count). The van der Waals surface area contributed by atoms with E-state index in [4.69, 9.17) is 19.8 Å². The molecule has 0 saturated heterocycles. The molecule has 5 nitrogen and oxygen atoms in total. The first-order valence-electron chi connectivity index (χ1n) is 6.76. The minimum atomic E-state index is -0.960. The maximum atomic E-state index is 10.8. The Morgan fingerprint density at radius 3 is 2.45 bits per heavy atom. The van der Waals surface area contributed by atoms with Crippen LogP contribution in [0.1, 0.15) is 28.4 Å². The molecule has 112 valence electrons. The van der Waals surface area contributed by atoms with Gasteiger partial charge in [-0.2, -0.15) is 5.26 Å². The van der Waals surface area contributed by atoms with Crippen molar-refractivity contribution in [3.63, 3.8) is 0 Å². The van der Waals surface area contributed by atoms with E-state index in [-0.39, 0.29) is 12.2 Å². The van der Waals surface area contributed by atoms with Crippen molar-refractivity contribution in [1.82, 2.24) is 0 Å². The summed E-state index contributed by atoms with van der Waals surface area (Å²) in [6, 6.07) is 13.5. The monoisotopic (exact) mass is 297 g/mol. The molecule has 1 N–H and O–H groups in total. The van der Waals surface area contributed by atoms with Gasteiger partial charge in [0.1, 0.15) is 6.61 Å². The van der Waals surface area contributed by atoms with E-state index in [9.17, 15) is 4.79 Å². The van der Waals surface area contributed by atoms with Gasteiger partial charge in [-0.25, -0.2) is 4.79 Å². The van der Waals surface area contributed by atoms with Crippen LogP contribution in [0.5, 0.6) is 11.5 Å². The largest absolute Gasteiger partial charge is 0.490 e. The van der Waals surface area contributed by atoms with Crippen molar-refractivity contribution >= 4 is 5.97 Å². The molecule has 0 bridgehead atoms. The molecule has 0 fully saturated rings. The Labute approximate surface area is 128 Å². The fourth-order valence-electron chi connectivity index (χ4n) is 1.87. The number of rotatable bonds is 6. The van der Waals surface area contributed by atoms with Crippen LogP contribution in [0.3, 0.4) is 0 Å². The minimum Gasteiger partial charge on any atom is -0.490 e. The van der Waals surface area contributed by atoms with Gasteiger partial charge in [-0.1, -0.05) is 12.1 Å². The number of ether oxygens (including phenoxy) is 2. The van der Waals surface area contributed by atoms with Crippen LogP contribution in [0.4, 0.5) is 0 Å². The summed E-state index contributed by atoms with van der Waals surface area (Å²) >= 11 is 0. The van der Waals surface area contributed by atoms with Crippen LogP contribution in [-0.2, 0) is 6.61 Å². The highest BCUT2D eigenvalue weighted by Crippen LogP contribution is 2.29. The number of hydrogen-bond donors (Lipinski definition) is 1. The molecular formula is C17H15NO4. The molecule has 0 aliphatic rings. The van der Waals surface area contributed by atoms with E-state index in [1.165, 1.54) is 12.1 Å². The van der Waals surface area contributed by atoms with Crippen molar-refractivity contribution in [1.29, 1.82) is 5.26 Å². The summed E-state index contributed by atoms with van der Waals surface area (Å²) in [4.78, 5) is 10.8. The van der Waals surface area contributed by atoms with Gasteiger partial charge in [0.05, 0.1) is 23.8 Å². The van der Waals surface area contributed by atoms with Crippen molar-refractivity contribution < 1.29 is 19.4 Å². The predicted octanol–water partition coefficient (Wildman–Crippen LogP) is 3.23. The summed E-state index contributed by atoms with van der Waals surface area (Å²) in [5.74, 6) is 0.102. The fourth-order valence-corrected chi connectivity index (χ4v) is 1.87. The SMILES string of the molecule is CCOc1cc(C#N)ccc1OCc1ccc(C(=O)O)cc1. The lowest BCUT2D eigenvalue weighted by Crippen LogP contribution is -2.01. The molecule has 0 atom stereocenters. The number of hydrogen-bond acceptors (Lipinski definition) is 4. The van der Waals surface area contributed by atoms with Crippen LogP contribution in [0.15, 0.2) is 42.5 Å². The van der Waals surface area contributed by atoms with E-state index < -0.39 is 5.97 Å². The van der Waals surface area contributed by atoms with Gasteiger partial charge in [0.15, 0.2) is 11.5 Å².